The van der Waals surface area contributed by atoms with E-state index >= 15 is 0 Å². The minimum absolute atomic E-state index is 0.871. The van der Waals surface area contributed by atoms with Crippen LogP contribution in [0.4, 0.5) is 0 Å². The van der Waals surface area contributed by atoms with Crippen LogP contribution in [0.15, 0.2) is 24.3 Å². The van der Waals surface area contributed by atoms with Crippen molar-refractivity contribution in [3.63, 3.8) is 0 Å². The van der Waals surface area contributed by atoms with E-state index in [1.165, 1.54) is 5.56 Å². The topological polar surface area (TPSA) is 33.3 Å². The van der Waals surface area contributed by atoms with Crippen LogP contribution < -0.4 is 15.4 Å². The van der Waals surface area contributed by atoms with E-state index in [9.17, 15) is 0 Å². The fraction of sp³-hybridized carbons (Fsp3) is 0.538. The lowest BCUT2D eigenvalue weighted by Crippen LogP contribution is -2.21. The van der Waals surface area contributed by atoms with Crippen LogP contribution in [-0.4, -0.2) is 26.7 Å². The standard InChI is InChI=1S/C13H22N2O/c1-3-14-9-6-10-15-11-12-7-4-5-8-13(12)16-2/h4-5,7-8,14-15H,3,6,9-11H2,1-2H3. The molecule has 0 heterocycles. The molecule has 0 aliphatic rings. The molecule has 2 N–H and O–H groups in total. The lowest BCUT2D eigenvalue weighted by molar-refractivity contribution is 0.407. The van der Waals surface area contributed by atoms with Gasteiger partial charge in [-0.15, -0.1) is 0 Å². The molecule has 0 amide bonds. The molecule has 0 saturated heterocycles. The second-order valence-corrected chi connectivity index (χ2v) is 3.70. The maximum atomic E-state index is 5.29. The minimum Gasteiger partial charge on any atom is -0.496 e. The summed E-state index contributed by atoms with van der Waals surface area (Å²) >= 11 is 0. The molecule has 1 rings (SSSR count). The van der Waals surface area contributed by atoms with Gasteiger partial charge in [0, 0.05) is 12.1 Å². The van der Waals surface area contributed by atoms with Crippen molar-refractivity contribution < 1.29 is 4.74 Å². The number of nitrogens with one attached hydrogen (secondary N) is 2. The molecule has 90 valence electrons. The predicted molar refractivity (Wildman–Crippen MR) is 67.9 cm³/mol. The van der Waals surface area contributed by atoms with E-state index in [1.54, 1.807) is 7.11 Å². The summed E-state index contributed by atoms with van der Waals surface area (Å²) in [6.07, 6.45) is 1.16. The Kier molecular flexibility index (Phi) is 6.61. The van der Waals surface area contributed by atoms with Crippen molar-refractivity contribution in [3.05, 3.63) is 29.8 Å². The highest BCUT2D eigenvalue weighted by molar-refractivity contribution is 5.32. The van der Waals surface area contributed by atoms with E-state index in [0.29, 0.717) is 0 Å². The first-order valence-corrected chi connectivity index (χ1v) is 5.91. The Morgan fingerprint density at radius 1 is 1.12 bits per heavy atom. The van der Waals surface area contributed by atoms with Gasteiger partial charge in [-0.25, -0.2) is 0 Å². The van der Waals surface area contributed by atoms with Gasteiger partial charge in [0.1, 0.15) is 5.75 Å². The number of hydrogen-bond donors (Lipinski definition) is 2. The molecule has 0 atom stereocenters. The van der Waals surface area contributed by atoms with Gasteiger partial charge in [0.25, 0.3) is 0 Å². The quantitative estimate of drug-likeness (QED) is 0.658. The van der Waals surface area contributed by atoms with Crippen LogP contribution >= 0.6 is 0 Å². The summed E-state index contributed by atoms with van der Waals surface area (Å²) in [7, 11) is 1.71. The summed E-state index contributed by atoms with van der Waals surface area (Å²) in [6, 6.07) is 8.12. The molecule has 16 heavy (non-hydrogen) atoms. The molecule has 0 saturated carbocycles. The summed E-state index contributed by atoms with van der Waals surface area (Å²) in [5, 5.41) is 6.72. The number of hydrogen-bond acceptors (Lipinski definition) is 3. The first-order chi connectivity index (χ1) is 7.88. The van der Waals surface area contributed by atoms with Crippen molar-refractivity contribution in [2.75, 3.05) is 26.7 Å². The Bertz CT molecular complexity index is 289. The first kappa shape index (κ1) is 13.0. The van der Waals surface area contributed by atoms with Crippen molar-refractivity contribution in [2.45, 2.75) is 19.9 Å². The number of para-hydroxylation sites is 1. The summed E-state index contributed by atoms with van der Waals surface area (Å²) in [5.41, 5.74) is 1.22. The molecule has 0 radical (unpaired) electrons. The Labute approximate surface area is 98.2 Å². The van der Waals surface area contributed by atoms with Gasteiger partial charge in [0.2, 0.25) is 0 Å². The molecule has 0 fully saturated rings. The Morgan fingerprint density at radius 2 is 1.88 bits per heavy atom. The van der Waals surface area contributed by atoms with Gasteiger partial charge in [-0.05, 0) is 32.1 Å². The Morgan fingerprint density at radius 3 is 2.62 bits per heavy atom. The maximum Gasteiger partial charge on any atom is 0.123 e. The highest BCUT2D eigenvalue weighted by atomic mass is 16.5. The summed E-state index contributed by atoms with van der Waals surface area (Å²) in [6.45, 7) is 6.16. The summed E-state index contributed by atoms with van der Waals surface area (Å²) in [4.78, 5) is 0. The number of rotatable bonds is 8. The zero-order chi connectivity index (χ0) is 11.6. The van der Waals surface area contributed by atoms with Crippen LogP contribution in [-0.2, 0) is 6.54 Å². The number of methoxy groups -OCH3 is 1. The third-order valence-corrected chi connectivity index (χ3v) is 2.47. The van der Waals surface area contributed by atoms with E-state index in [1.807, 2.05) is 18.2 Å². The van der Waals surface area contributed by atoms with Crippen LogP contribution in [0.1, 0.15) is 18.9 Å². The zero-order valence-electron chi connectivity index (χ0n) is 10.3. The van der Waals surface area contributed by atoms with Gasteiger partial charge in [0.15, 0.2) is 0 Å². The van der Waals surface area contributed by atoms with Gasteiger partial charge in [-0.1, -0.05) is 25.1 Å². The average molecular weight is 222 g/mol. The maximum absolute atomic E-state index is 5.29. The van der Waals surface area contributed by atoms with Gasteiger partial charge in [-0.2, -0.15) is 0 Å². The largest absolute Gasteiger partial charge is 0.496 e. The van der Waals surface area contributed by atoms with E-state index in [2.05, 4.69) is 23.6 Å². The van der Waals surface area contributed by atoms with Crippen LogP contribution in [0, 0.1) is 0 Å². The lowest BCUT2D eigenvalue weighted by Gasteiger charge is -2.09. The third kappa shape index (κ3) is 4.64. The van der Waals surface area contributed by atoms with Crippen molar-refractivity contribution in [2.24, 2.45) is 0 Å². The summed E-state index contributed by atoms with van der Waals surface area (Å²) in [5.74, 6) is 0.960. The number of benzene rings is 1. The van der Waals surface area contributed by atoms with Crippen molar-refractivity contribution in [1.82, 2.24) is 10.6 Å². The molecule has 0 unspecified atom stereocenters. The average Bonchev–Trinajstić information content (AvgIpc) is 2.34. The van der Waals surface area contributed by atoms with E-state index in [0.717, 1.165) is 38.3 Å². The molecular formula is C13H22N2O. The van der Waals surface area contributed by atoms with Crippen molar-refractivity contribution in [3.8, 4) is 5.75 Å². The Hall–Kier alpha value is -1.06. The fourth-order valence-electron chi connectivity index (χ4n) is 1.59. The molecule has 3 nitrogen and oxygen atoms in total. The van der Waals surface area contributed by atoms with Crippen LogP contribution in [0.2, 0.25) is 0 Å². The van der Waals surface area contributed by atoms with Gasteiger partial charge in [0.05, 0.1) is 7.11 Å². The van der Waals surface area contributed by atoms with Crippen molar-refractivity contribution >= 4 is 0 Å². The van der Waals surface area contributed by atoms with E-state index in [-0.39, 0.29) is 0 Å². The molecular weight excluding hydrogens is 200 g/mol. The molecule has 0 aliphatic heterocycles. The molecule has 1 aromatic carbocycles. The highest BCUT2D eigenvalue weighted by Crippen LogP contribution is 2.16. The normalized spacial score (nSPS) is 10.4. The van der Waals surface area contributed by atoms with Gasteiger partial charge in [-0.3, -0.25) is 0 Å². The molecule has 1 aromatic rings. The van der Waals surface area contributed by atoms with Gasteiger partial charge >= 0.3 is 0 Å². The van der Waals surface area contributed by atoms with Gasteiger partial charge < -0.3 is 15.4 Å². The van der Waals surface area contributed by atoms with Crippen LogP contribution in [0.25, 0.3) is 0 Å². The highest BCUT2D eigenvalue weighted by Gasteiger charge is 1.99. The molecule has 0 aliphatic carbocycles. The summed E-state index contributed by atoms with van der Waals surface area (Å²) < 4.78 is 5.29. The SMILES string of the molecule is CCNCCCNCc1ccccc1OC. The van der Waals surface area contributed by atoms with Crippen LogP contribution in [0.5, 0.6) is 5.75 Å². The van der Waals surface area contributed by atoms with E-state index < -0.39 is 0 Å². The smallest absolute Gasteiger partial charge is 0.123 e. The Balaban J connectivity index is 2.21. The van der Waals surface area contributed by atoms with Crippen molar-refractivity contribution in [1.29, 1.82) is 0 Å². The molecule has 0 bridgehead atoms. The van der Waals surface area contributed by atoms with E-state index in [4.69, 9.17) is 4.74 Å². The minimum atomic E-state index is 0.871. The lowest BCUT2D eigenvalue weighted by atomic mass is 10.2. The monoisotopic (exact) mass is 222 g/mol. The first-order valence-electron chi connectivity index (χ1n) is 5.91. The number of ether oxygens (including phenoxy) is 1. The molecule has 0 aromatic heterocycles. The fourth-order valence-corrected chi connectivity index (χ4v) is 1.59. The predicted octanol–water partition coefficient (Wildman–Crippen LogP) is 1.78. The second kappa shape index (κ2) is 8.13. The third-order valence-electron chi connectivity index (χ3n) is 2.47. The van der Waals surface area contributed by atoms with Crippen LogP contribution in [0.3, 0.4) is 0 Å². The molecule has 0 spiro atoms. The zero-order valence-corrected chi connectivity index (χ0v) is 10.3. The molecule has 3 heteroatoms. The second-order valence-electron chi connectivity index (χ2n) is 3.70.